The Balaban J connectivity index is 2.66. The molecule has 0 aromatic heterocycles. The van der Waals surface area contributed by atoms with E-state index in [1.165, 1.54) is 0 Å². The summed E-state index contributed by atoms with van der Waals surface area (Å²) in [6, 6.07) is 7.65. The lowest BCUT2D eigenvalue weighted by molar-refractivity contribution is -0.138. The third-order valence-electron chi connectivity index (χ3n) is 2.94. The van der Waals surface area contributed by atoms with Crippen LogP contribution in [0, 0.1) is 0 Å². The van der Waals surface area contributed by atoms with E-state index in [1.54, 1.807) is 13.8 Å². The SMILES string of the molecule is CC(C)c1ccccc1NC(=O)CSC(C)(C)C(=O)O. The van der Waals surface area contributed by atoms with Gasteiger partial charge in [0.2, 0.25) is 5.91 Å². The molecule has 1 amide bonds. The van der Waals surface area contributed by atoms with Gasteiger partial charge in [-0.05, 0) is 31.4 Å². The fourth-order valence-electron chi connectivity index (χ4n) is 1.61. The first-order valence-electron chi connectivity index (χ1n) is 6.50. The number of carbonyl (C=O) groups is 2. The van der Waals surface area contributed by atoms with Crippen LogP contribution in [0.4, 0.5) is 5.69 Å². The van der Waals surface area contributed by atoms with Crippen LogP contribution < -0.4 is 5.32 Å². The summed E-state index contributed by atoms with van der Waals surface area (Å²) in [4.78, 5) is 22.9. The maximum absolute atomic E-state index is 11.9. The summed E-state index contributed by atoms with van der Waals surface area (Å²) < 4.78 is -0.963. The second-order valence-electron chi connectivity index (χ2n) is 5.39. The minimum absolute atomic E-state index is 0.117. The van der Waals surface area contributed by atoms with Crippen LogP contribution in [0.15, 0.2) is 24.3 Å². The Bertz CT molecular complexity index is 498. The maximum Gasteiger partial charge on any atom is 0.319 e. The molecule has 1 aromatic carbocycles. The minimum Gasteiger partial charge on any atom is -0.480 e. The van der Waals surface area contributed by atoms with Crippen LogP contribution in [0.3, 0.4) is 0 Å². The summed E-state index contributed by atoms with van der Waals surface area (Å²) in [6.07, 6.45) is 0. The Morgan fingerprint density at radius 1 is 1.30 bits per heavy atom. The zero-order valence-corrected chi connectivity index (χ0v) is 13.1. The number of amides is 1. The largest absolute Gasteiger partial charge is 0.480 e. The highest BCUT2D eigenvalue weighted by Gasteiger charge is 2.28. The van der Waals surface area contributed by atoms with E-state index in [4.69, 9.17) is 5.11 Å². The van der Waals surface area contributed by atoms with Gasteiger partial charge in [-0.3, -0.25) is 9.59 Å². The smallest absolute Gasteiger partial charge is 0.319 e. The first-order chi connectivity index (χ1) is 9.24. The molecule has 0 radical (unpaired) electrons. The number of anilines is 1. The van der Waals surface area contributed by atoms with Gasteiger partial charge in [-0.15, -0.1) is 11.8 Å². The third kappa shape index (κ3) is 4.56. The summed E-state index contributed by atoms with van der Waals surface area (Å²) >= 11 is 1.12. The van der Waals surface area contributed by atoms with Gasteiger partial charge in [0.1, 0.15) is 4.75 Å². The fourth-order valence-corrected chi connectivity index (χ4v) is 2.30. The molecule has 0 unspecified atom stereocenters. The number of carboxylic acid groups (broad SMARTS) is 1. The van der Waals surface area contributed by atoms with E-state index in [9.17, 15) is 9.59 Å². The fraction of sp³-hybridized carbons (Fsp3) is 0.467. The Morgan fingerprint density at radius 2 is 1.90 bits per heavy atom. The van der Waals surface area contributed by atoms with Gasteiger partial charge < -0.3 is 10.4 Å². The molecule has 0 bridgehead atoms. The number of carboxylic acids is 1. The Labute approximate surface area is 124 Å². The molecule has 0 spiro atoms. The van der Waals surface area contributed by atoms with Crippen LogP contribution in [-0.4, -0.2) is 27.5 Å². The number of para-hydroxylation sites is 1. The van der Waals surface area contributed by atoms with Crippen molar-refractivity contribution in [1.82, 2.24) is 0 Å². The minimum atomic E-state index is -0.963. The van der Waals surface area contributed by atoms with Crippen molar-refractivity contribution < 1.29 is 14.7 Å². The molecule has 0 atom stereocenters. The highest BCUT2D eigenvalue weighted by molar-refractivity contribution is 8.02. The average Bonchev–Trinajstić information content (AvgIpc) is 2.36. The van der Waals surface area contributed by atoms with Crippen LogP contribution >= 0.6 is 11.8 Å². The van der Waals surface area contributed by atoms with Gasteiger partial charge in [0, 0.05) is 5.69 Å². The van der Waals surface area contributed by atoms with Crippen LogP contribution in [-0.2, 0) is 9.59 Å². The molecule has 0 aliphatic carbocycles. The molecular weight excluding hydrogens is 274 g/mol. The van der Waals surface area contributed by atoms with E-state index in [0.29, 0.717) is 5.92 Å². The van der Waals surface area contributed by atoms with Crippen molar-refractivity contribution in [1.29, 1.82) is 0 Å². The van der Waals surface area contributed by atoms with E-state index in [1.807, 2.05) is 24.3 Å². The zero-order valence-electron chi connectivity index (χ0n) is 12.3. The molecule has 1 aromatic rings. The molecule has 4 nitrogen and oxygen atoms in total. The van der Waals surface area contributed by atoms with Crippen molar-refractivity contribution in [3.8, 4) is 0 Å². The molecule has 0 saturated heterocycles. The van der Waals surface area contributed by atoms with Crippen molar-refractivity contribution in [3.63, 3.8) is 0 Å². The van der Waals surface area contributed by atoms with Gasteiger partial charge in [-0.1, -0.05) is 32.0 Å². The summed E-state index contributed by atoms with van der Waals surface area (Å²) in [5.74, 6) is -0.670. The molecule has 0 heterocycles. The third-order valence-corrected chi connectivity index (χ3v) is 4.24. The molecule has 0 aliphatic rings. The quantitative estimate of drug-likeness (QED) is 0.844. The first kappa shape index (κ1) is 16.6. The van der Waals surface area contributed by atoms with Crippen LogP contribution in [0.5, 0.6) is 0 Å². The lowest BCUT2D eigenvalue weighted by Crippen LogP contribution is -2.29. The molecule has 110 valence electrons. The predicted molar refractivity (Wildman–Crippen MR) is 83.3 cm³/mol. The molecule has 5 heteroatoms. The van der Waals surface area contributed by atoms with Gasteiger partial charge in [0.05, 0.1) is 5.75 Å². The lowest BCUT2D eigenvalue weighted by atomic mass is 10.0. The van der Waals surface area contributed by atoms with E-state index >= 15 is 0 Å². The standard InChI is InChI=1S/C15H21NO3S/c1-10(2)11-7-5-6-8-12(11)16-13(17)9-20-15(3,4)14(18)19/h5-8,10H,9H2,1-4H3,(H,16,17)(H,18,19). The van der Waals surface area contributed by atoms with Crippen molar-refractivity contribution in [3.05, 3.63) is 29.8 Å². The topological polar surface area (TPSA) is 66.4 Å². The molecule has 20 heavy (non-hydrogen) atoms. The van der Waals surface area contributed by atoms with Gasteiger partial charge in [0.15, 0.2) is 0 Å². The first-order valence-corrected chi connectivity index (χ1v) is 7.48. The Kier molecular flexibility index (Phi) is 5.62. The van der Waals surface area contributed by atoms with Crippen LogP contribution in [0.25, 0.3) is 0 Å². The number of nitrogens with one attached hydrogen (secondary N) is 1. The second-order valence-corrected chi connectivity index (χ2v) is 6.99. The molecule has 0 aliphatic heterocycles. The van der Waals surface area contributed by atoms with Gasteiger partial charge in [-0.25, -0.2) is 0 Å². The normalized spacial score (nSPS) is 11.4. The van der Waals surface area contributed by atoms with E-state index in [2.05, 4.69) is 19.2 Å². The van der Waals surface area contributed by atoms with Crippen molar-refractivity contribution in [2.75, 3.05) is 11.1 Å². The average molecular weight is 295 g/mol. The summed E-state index contributed by atoms with van der Waals surface area (Å²) in [5, 5.41) is 11.9. The Morgan fingerprint density at radius 3 is 2.45 bits per heavy atom. The van der Waals surface area contributed by atoms with Crippen molar-refractivity contribution in [2.24, 2.45) is 0 Å². The molecule has 0 saturated carbocycles. The molecule has 0 fully saturated rings. The summed E-state index contributed by atoms with van der Waals surface area (Å²) in [6.45, 7) is 7.31. The van der Waals surface area contributed by atoms with E-state index < -0.39 is 10.7 Å². The molecule has 2 N–H and O–H groups in total. The van der Waals surface area contributed by atoms with Crippen LogP contribution in [0.2, 0.25) is 0 Å². The molecule has 1 rings (SSSR count). The van der Waals surface area contributed by atoms with Crippen LogP contribution in [0.1, 0.15) is 39.2 Å². The predicted octanol–water partition coefficient (Wildman–Crippen LogP) is 3.34. The highest BCUT2D eigenvalue weighted by Crippen LogP contribution is 2.26. The molecular formula is C15H21NO3S. The highest BCUT2D eigenvalue weighted by atomic mass is 32.2. The maximum atomic E-state index is 11.9. The number of hydrogen-bond acceptors (Lipinski definition) is 3. The van der Waals surface area contributed by atoms with Gasteiger partial charge in [0.25, 0.3) is 0 Å². The number of aliphatic carboxylic acids is 1. The van der Waals surface area contributed by atoms with Gasteiger partial charge >= 0.3 is 5.97 Å². The number of benzene rings is 1. The van der Waals surface area contributed by atoms with Crippen molar-refractivity contribution >= 4 is 29.3 Å². The zero-order chi connectivity index (χ0) is 15.3. The summed E-state index contributed by atoms with van der Waals surface area (Å²) in [5.41, 5.74) is 1.87. The van der Waals surface area contributed by atoms with E-state index in [-0.39, 0.29) is 11.7 Å². The number of thioether (sulfide) groups is 1. The summed E-state index contributed by atoms with van der Waals surface area (Å²) in [7, 11) is 0. The van der Waals surface area contributed by atoms with Gasteiger partial charge in [-0.2, -0.15) is 0 Å². The monoisotopic (exact) mass is 295 g/mol. The Hall–Kier alpha value is -1.49. The lowest BCUT2D eigenvalue weighted by Gasteiger charge is -2.18. The number of carbonyl (C=O) groups excluding carboxylic acids is 1. The number of rotatable bonds is 6. The van der Waals surface area contributed by atoms with E-state index in [0.717, 1.165) is 23.0 Å². The number of hydrogen-bond donors (Lipinski definition) is 2. The van der Waals surface area contributed by atoms with Crippen molar-refractivity contribution in [2.45, 2.75) is 38.4 Å². The second kappa shape index (κ2) is 6.79.